The zero-order valence-corrected chi connectivity index (χ0v) is 26.4. The number of nitrogens with one attached hydrogen (secondary N) is 1. The van der Waals surface area contributed by atoms with Crippen molar-refractivity contribution < 1.29 is 27.5 Å². The van der Waals surface area contributed by atoms with Gasteiger partial charge in [-0.3, -0.25) is 9.69 Å². The van der Waals surface area contributed by atoms with Crippen molar-refractivity contribution in [3.8, 4) is 22.8 Å². The molecule has 46 heavy (non-hydrogen) atoms. The van der Waals surface area contributed by atoms with E-state index in [1.165, 1.54) is 47.0 Å². The highest BCUT2D eigenvalue weighted by molar-refractivity contribution is 8.15. The van der Waals surface area contributed by atoms with Crippen LogP contribution in [-0.4, -0.2) is 50.5 Å². The van der Waals surface area contributed by atoms with Crippen molar-refractivity contribution in [2.75, 3.05) is 17.2 Å². The van der Waals surface area contributed by atoms with Gasteiger partial charge in [-0.2, -0.15) is 4.99 Å². The Labute approximate surface area is 268 Å². The molecule has 4 aromatic rings. The van der Waals surface area contributed by atoms with Crippen LogP contribution in [0, 0.1) is 6.92 Å². The number of rotatable bonds is 10. The van der Waals surface area contributed by atoms with E-state index >= 15 is 0 Å². The molecule has 0 aliphatic carbocycles. The highest BCUT2D eigenvalue weighted by Gasteiger charge is 2.32. The molecule has 5 rings (SSSR count). The fraction of sp³-hybridized carbons (Fsp3) is 0.303. The summed E-state index contributed by atoms with van der Waals surface area (Å²) in [5.74, 6) is 0.507. The van der Waals surface area contributed by atoms with E-state index in [4.69, 9.17) is 0 Å². The van der Waals surface area contributed by atoms with Crippen LogP contribution in [0.1, 0.15) is 49.3 Å². The van der Waals surface area contributed by atoms with E-state index in [-0.39, 0.29) is 23.3 Å². The zero-order valence-electron chi connectivity index (χ0n) is 25.5. The van der Waals surface area contributed by atoms with Gasteiger partial charge in [0.1, 0.15) is 12.1 Å². The van der Waals surface area contributed by atoms with Gasteiger partial charge in [0.05, 0.1) is 17.1 Å². The molecule has 1 aliphatic heterocycles. The number of aliphatic imine (C=N–C) groups is 1. The van der Waals surface area contributed by atoms with Gasteiger partial charge in [0.15, 0.2) is 11.0 Å². The molecular formula is C33H33F3N6O3S. The largest absolute Gasteiger partial charge is 0.573 e. The molecule has 3 amide bonds. The highest BCUT2D eigenvalue weighted by Crippen LogP contribution is 2.34. The molecule has 1 N–H and O–H groups in total. The van der Waals surface area contributed by atoms with E-state index in [0.717, 1.165) is 47.2 Å². The van der Waals surface area contributed by atoms with Gasteiger partial charge in [0.25, 0.3) is 0 Å². The number of amides is 3. The molecule has 3 aromatic carbocycles. The number of carbonyl (C=O) groups is 2. The SMILES string of the molecule is Cc1ccc(N2C(=O)CS/C2=N\C(=O)NCCCCc2cccc(-c3ncn(-c4ccc(OC(F)(F)F)cc4)n3)c2)c(C(C)C)c1. The number of hydrogen-bond acceptors (Lipinski definition) is 6. The molecule has 0 unspecified atom stereocenters. The first-order valence-corrected chi connectivity index (χ1v) is 15.8. The third kappa shape index (κ3) is 8.33. The first-order valence-electron chi connectivity index (χ1n) is 14.8. The maximum atomic E-state index is 12.7. The van der Waals surface area contributed by atoms with Crippen LogP contribution < -0.4 is 15.0 Å². The Balaban J connectivity index is 1.12. The van der Waals surface area contributed by atoms with Gasteiger partial charge in [0.2, 0.25) is 5.91 Å². The second-order valence-electron chi connectivity index (χ2n) is 11.1. The molecule has 1 aliphatic rings. The minimum Gasteiger partial charge on any atom is -0.406 e. The molecule has 0 bridgehead atoms. The molecule has 2 heterocycles. The predicted molar refractivity (Wildman–Crippen MR) is 172 cm³/mol. The average Bonchev–Trinajstić information content (AvgIpc) is 3.64. The van der Waals surface area contributed by atoms with Crippen LogP contribution in [-0.2, 0) is 11.2 Å². The first-order chi connectivity index (χ1) is 22.0. The van der Waals surface area contributed by atoms with Crippen LogP contribution in [0.15, 0.2) is 78.0 Å². The van der Waals surface area contributed by atoms with Crippen molar-refractivity contribution in [3.05, 3.63) is 89.7 Å². The number of thioether (sulfide) groups is 1. The van der Waals surface area contributed by atoms with Crippen molar-refractivity contribution in [1.29, 1.82) is 0 Å². The van der Waals surface area contributed by atoms with Gasteiger partial charge in [-0.1, -0.05) is 61.5 Å². The molecule has 0 atom stereocenters. The van der Waals surface area contributed by atoms with E-state index < -0.39 is 12.4 Å². The fourth-order valence-corrected chi connectivity index (χ4v) is 5.84. The number of alkyl halides is 3. The summed E-state index contributed by atoms with van der Waals surface area (Å²) in [4.78, 5) is 35.5. The van der Waals surface area contributed by atoms with Gasteiger partial charge in [0, 0.05) is 12.1 Å². The van der Waals surface area contributed by atoms with Crippen molar-refractivity contribution >= 4 is 34.6 Å². The van der Waals surface area contributed by atoms with Gasteiger partial charge in [-0.25, -0.2) is 14.5 Å². The lowest BCUT2D eigenvalue weighted by molar-refractivity contribution is -0.274. The van der Waals surface area contributed by atoms with Crippen LogP contribution in [0.25, 0.3) is 17.1 Å². The minimum absolute atomic E-state index is 0.0971. The molecule has 13 heteroatoms. The number of unbranched alkanes of at least 4 members (excludes halogenated alkanes) is 1. The van der Waals surface area contributed by atoms with Gasteiger partial charge < -0.3 is 10.1 Å². The number of aromatic nitrogens is 3. The number of urea groups is 1. The van der Waals surface area contributed by atoms with Crippen LogP contribution >= 0.6 is 11.8 Å². The van der Waals surface area contributed by atoms with Crippen molar-refractivity contribution in [1.82, 2.24) is 20.1 Å². The molecule has 0 radical (unpaired) electrons. The van der Waals surface area contributed by atoms with Crippen molar-refractivity contribution in [2.24, 2.45) is 4.99 Å². The summed E-state index contributed by atoms with van der Waals surface area (Å²) >= 11 is 1.26. The monoisotopic (exact) mass is 650 g/mol. The number of nitrogens with zero attached hydrogens (tertiary/aromatic N) is 5. The van der Waals surface area contributed by atoms with Crippen LogP contribution in [0.3, 0.4) is 0 Å². The molecule has 0 spiro atoms. The summed E-state index contributed by atoms with van der Waals surface area (Å²) in [6, 6.07) is 18.6. The molecule has 240 valence electrons. The summed E-state index contributed by atoms with van der Waals surface area (Å²) in [6.45, 7) is 6.59. The number of carbonyl (C=O) groups excluding carboxylic acids is 2. The molecule has 9 nitrogen and oxygen atoms in total. The third-order valence-corrected chi connectivity index (χ3v) is 8.11. The maximum Gasteiger partial charge on any atom is 0.573 e. The normalized spacial score (nSPS) is 14.4. The zero-order chi connectivity index (χ0) is 32.8. The Hall–Kier alpha value is -4.65. The lowest BCUT2D eigenvalue weighted by Gasteiger charge is -2.22. The smallest absolute Gasteiger partial charge is 0.406 e. The second kappa shape index (κ2) is 14.2. The average molecular weight is 651 g/mol. The number of hydrogen-bond donors (Lipinski definition) is 1. The number of anilines is 1. The van der Waals surface area contributed by atoms with E-state index in [0.29, 0.717) is 23.2 Å². The molecular weight excluding hydrogens is 617 g/mol. The summed E-state index contributed by atoms with van der Waals surface area (Å²) in [5.41, 5.74) is 5.32. The summed E-state index contributed by atoms with van der Waals surface area (Å²) in [5, 5.41) is 7.69. The van der Waals surface area contributed by atoms with Crippen molar-refractivity contribution in [3.63, 3.8) is 0 Å². The summed E-state index contributed by atoms with van der Waals surface area (Å²) < 4.78 is 42.7. The lowest BCUT2D eigenvalue weighted by Crippen LogP contribution is -2.32. The van der Waals surface area contributed by atoms with E-state index in [9.17, 15) is 22.8 Å². The Morgan fingerprint density at radius 3 is 2.61 bits per heavy atom. The number of halogens is 3. The van der Waals surface area contributed by atoms with Gasteiger partial charge in [-0.15, -0.1) is 18.3 Å². The minimum atomic E-state index is -4.75. The summed E-state index contributed by atoms with van der Waals surface area (Å²) in [7, 11) is 0. The van der Waals surface area contributed by atoms with Crippen LogP contribution in [0.2, 0.25) is 0 Å². The number of amidine groups is 1. The maximum absolute atomic E-state index is 12.7. The van der Waals surface area contributed by atoms with Gasteiger partial charge in [-0.05, 0) is 79.6 Å². The standard InChI is InChI=1S/C33H33F3N6O3S/c1-21(2)27-17-22(3)10-15-28(27)42-29(43)19-46-32(42)39-31(44)37-16-5-4-7-23-8-6-9-24(18-23)30-38-20-41(40-30)25-11-13-26(14-12-25)45-33(34,35)36/h6,8-15,17-18,20-21H,4-5,7,16,19H2,1-3H3,(H,37,44)/b39-32-. The fourth-order valence-electron chi connectivity index (χ4n) is 4.98. The Kier molecular flexibility index (Phi) is 10.1. The Morgan fingerprint density at radius 1 is 1.09 bits per heavy atom. The van der Waals surface area contributed by atoms with Crippen molar-refractivity contribution in [2.45, 2.75) is 52.3 Å². The predicted octanol–water partition coefficient (Wildman–Crippen LogP) is 7.43. The van der Waals surface area contributed by atoms with E-state index in [2.05, 4.69) is 45.0 Å². The quantitative estimate of drug-likeness (QED) is 0.179. The number of aryl methyl sites for hydroxylation is 2. The molecule has 1 aromatic heterocycles. The third-order valence-electron chi connectivity index (χ3n) is 7.19. The molecule has 1 fully saturated rings. The second-order valence-corrected chi connectivity index (χ2v) is 12.0. The topological polar surface area (TPSA) is 102 Å². The van der Waals surface area contributed by atoms with E-state index in [1.807, 2.05) is 43.3 Å². The lowest BCUT2D eigenvalue weighted by atomic mass is 9.98. The highest BCUT2D eigenvalue weighted by atomic mass is 32.2. The first kappa shape index (κ1) is 32.7. The van der Waals surface area contributed by atoms with Crippen LogP contribution in [0.4, 0.5) is 23.7 Å². The van der Waals surface area contributed by atoms with E-state index in [1.54, 1.807) is 4.90 Å². The Morgan fingerprint density at radius 2 is 1.87 bits per heavy atom. The molecule has 0 saturated carbocycles. The number of benzene rings is 3. The summed E-state index contributed by atoms with van der Waals surface area (Å²) in [6.07, 6.45) is -0.947. The van der Waals surface area contributed by atoms with Gasteiger partial charge >= 0.3 is 12.4 Å². The van der Waals surface area contributed by atoms with Crippen LogP contribution in [0.5, 0.6) is 5.75 Å². The Bertz CT molecular complexity index is 1740. The molecule has 1 saturated heterocycles. The number of ether oxygens (including phenoxy) is 1.